The third-order valence-corrected chi connectivity index (χ3v) is 4.35. The van der Waals surface area contributed by atoms with Crippen LogP contribution in [-0.2, 0) is 17.4 Å². The quantitative estimate of drug-likeness (QED) is 0.603. The van der Waals surface area contributed by atoms with Crippen molar-refractivity contribution in [1.82, 2.24) is 10.3 Å². The van der Waals surface area contributed by atoms with Gasteiger partial charge in [-0.1, -0.05) is 0 Å². The number of nitrogens with two attached hydrogens (primary N) is 1. The van der Waals surface area contributed by atoms with Gasteiger partial charge in [-0.15, -0.1) is 0 Å². The average Bonchev–Trinajstić information content (AvgIpc) is 2.81. The molecule has 1 aliphatic heterocycles. The summed E-state index contributed by atoms with van der Waals surface area (Å²) in [6.45, 7) is 0.504. The lowest BCUT2D eigenvalue weighted by molar-refractivity contribution is -0.137. The molecule has 0 spiro atoms. The number of halogens is 4. The molecule has 2 heterocycles. The van der Waals surface area contributed by atoms with Crippen LogP contribution in [-0.4, -0.2) is 23.1 Å². The largest absolute Gasteiger partial charge is 0.416 e. The van der Waals surface area contributed by atoms with E-state index in [1.54, 1.807) is 12.1 Å². The minimum absolute atomic E-state index is 0.0707. The van der Waals surface area contributed by atoms with E-state index in [4.69, 9.17) is 5.73 Å². The molecule has 9 heteroatoms. The maximum atomic E-state index is 13.6. The van der Waals surface area contributed by atoms with Gasteiger partial charge >= 0.3 is 6.18 Å². The summed E-state index contributed by atoms with van der Waals surface area (Å²) in [5.74, 6) is -0.982. The second-order valence-corrected chi connectivity index (χ2v) is 6.54. The minimum Gasteiger partial charge on any atom is -0.404 e. The number of hydrogen-bond donors (Lipinski definition) is 2. The zero-order valence-electron chi connectivity index (χ0n) is 15.3. The first-order chi connectivity index (χ1) is 13.8. The van der Waals surface area contributed by atoms with Gasteiger partial charge in [0.1, 0.15) is 5.82 Å². The first kappa shape index (κ1) is 20.5. The van der Waals surface area contributed by atoms with Crippen molar-refractivity contribution in [2.45, 2.75) is 25.4 Å². The molecule has 1 saturated heterocycles. The number of benzene rings is 1. The molecule has 1 aromatic carbocycles. The van der Waals surface area contributed by atoms with Crippen molar-refractivity contribution in [3.05, 3.63) is 70.8 Å². The molecule has 1 aliphatic rings. The van der Waals surface area contributed by atoms with E-state index in [0.29, 0.717) is 42.5 Å². The van der Waals surface area contributed by atoms with Crippen LogP contribution in [0, 0.1) is 5.82 Å². The molecule has 3 rings (SSSR count). The van der Waals surface area contributed by atoms with Crippen LogP contribution >= 0.6 is 0 Å². The van der Waals surface area contributed by atoms with Crippen molar-refractivity contribution in [1.29, 1.82) is 0 Å². The van der Waals surface area contributed by atoms with Crippen molar-refractivity contribution < 1.29 is 22.4 Å². The van der Waals surface area contributed by atoms with Crippen molar-refractivity contribution in [2.24, 2.45) is 10.7 Å². The SMILES string of the molecule is N/C=C1/C(=O)NCCCC1=Nc1cc(Cc2cc(F)cc(C(F)(F)F)c2)ccn1. The van der Waals surface area contributed by atoms with Crippen molar-refractivity contribution in [3.8, 4) is 0 Å². The predicted octanol–water partition coefficient (Wildman–Crippen LogP) is 3.66. The van der Waals surface area contributed by atoms with Gasteiger partial charge in [0.25, 0.3) is 5.91 Å². The zero-order chi connectivity index (χ0) is 21.0. The van der Waals surface area contributed by atoms with Gasteiger partial charge in [0.05, 0.1) is 16.8 Å². The Labute approximate surface area is 164 Å². The molecular formula is C20H18F4N4O. The molecule has 0 bridgehead atoms. The molecule has 2 aromatic rings. The van der Waals surface area contributed by atoms with Gasteiger partial charge in [-0.3, -0.25) is 4.79 Å². The second-order valence-electron chi connectivity index (χ2n) is 6.54. The highest BCUT2D eigenvalue weighted by molar-refractivity contribution is 6.22. The Balaban J connectivity index is 1.89. The van der Waals surface area contributed by atoms with E-state index < -0.39 is 17.6 Å². The number of amides is 1. The lowest BCUT2D eigenvalue weighted by atomic mass is 10.0. The van der Waals surface area contributed by atoms with Crippen LogP contribution in [0.15, 0.2) is 53.3 Å². The first-order valence-electron chi connectivity index (χ1n) is 8.86. The summed E-state index contributed by atoms with van der Waals surface area (Å²) in [4.78, 5) is 20.5. The number of aliphatic imine (C=N–C) groups is 1. The van der Waals surface area contributed by atoms with Crippen LogP contribution in [0.25, 0.3) is 0 Å². The summed E-state index contributed by atoms with van der Waals surface area (Å²) in [5, 5.41) is 2.71. The van der Waals surface area contributed by atoms with Gasteiger partial charge in [0.2, 0.25) is 0 Å². The third-order valence-electron chi connectivity index (χ3n) is 4.35. The minimum atomic E-state index is -4.63. The predicted molar refractivity (Wildman–Crippen MR) is 100 cm³/mol. The molecule has 1 aromatic heterocycles. The molecule has 0 aliphatic carbocycles. The van der Waals surface area contributed by atoms with Crippen molar-refractivity contribution in [2.75, 3.05) is 6.54 Å². The highest BCUT2D eigenvalue weighted by Gasteiger charge is 2.31. The zero-order valence-corrected chi connectivity index (χ0v) is 15.3. The van der Waals surface area contributed by atoms with Crippen molar-refractivity contribution >= 4 is 17.4 Å². The number of rotatable bonds is 3. The summed E-state index contributed by atoms with van der Waals surface area (Å²) in [6.07, 6.45) is -0.702. The fraction of sp³-hybridized carbons (Fsp3) is 0.250. The van der Waals surface area contributed by atoms with Gasteiger partial charge in [-0.2, -0.15) is 13.2 Å². The number of aromatic nitrogens is 1. The van der Waals surface area contributed by atoms with Crippen LogP contribution in [0.4, 0.5) is 23.4 Å². The number of carbonyl (C=O) groups excluding carboxylic acids is 1. The Morgan fingerprint density at radius 2 is 2.00 bits per heavy atom. The molecule has 3 N–H and O–H groups in total. The summed E-state index contributed by atoms with van der Waals surface area (Å²) in [7, 11) is 0. The molecule has 0 unspecified atom stereocenters. The maximum Gasteiger partial charge on any atom is 0.416 e. The molecule has 1 amide bonds. The smallest absolute Gasteiger partial charge is 0.404 e. The third kappa shape index (κ3) is 5.18. The van der Waals surface area contributed by atoms with E-state index in [1.807, 2.05) is 0 Å². The lowest BCUT2D eigenvalue weighted by Crippen LogP contribution is -2.26. The number of nitrogens with one attached hydrogen (secondary N) is 1. The molecule has 0 saturated carbocycles. The van der Waals surface area contributed by atoms with E-state index in [1.165, 1.54) is 12.4 Å². The van der Waals surface area contributed by atoms with Gasteiger partial charge in [-0.05, 0) is 60.7 Å². The second kappa shape index (κ2) is 8.42. The Bertz CT molecular complexity index is 983. The van der Waals surface area contributed by atoms with Gasteiger partial charge in [0.15, 0.2) is 5.82 Å². The van der Waals surface area contributed by atoms with E-state index in [9.17, 15) is 22.4 Å². The Kier molecular flexibility index (Phi) is 5.95. The summed E-state index contributed by atoms with van der Waals surface area (Å²) in [5.41, 5.74) is 6.04. The normalized spacial score (nSPS) is 18.0. The van der Waals surface area contributed by atoms with Gasteiger partial charge in [-0.25, -0.2) is 14.4 Å². The van der Waals surface area contributed by atoms with Crippen LogP contribution < -0.4 is 11.1 Å². The highest BCUT2D eigenvalue weighted by atomic mass is 19.4. The fourth-order valence-corrected chi connectivity index (χ4v) is 3.03. The molecule has 1 fully saturated rings. The topological polar surface area (TPSA) is 80.4 Å². The van der Waals surface area contributed by atoms with E-state index in [2.05, 4.69) is 15.3 Å². The number of hydrogen-bond acceptors (Lipinski definition) is 4. The summed E-state index contributed by atoms with van der Waals surface area (Å²) in [6, 6.07) is 5.64. The standard InChI is InChI=1S/C20H18F4N4O/c21-15-8-13(7-14(10-15)20(22,23)24)6-12-3-5-26-18(9-12)28-17-2-1-4-27-19(29)16(17)11-25/h3,5,7-11H,1-2,4,6,25H2,(H,27,29)/b16-11+,28-17?. The average molecular weight is 406 g/mol. The maximum absolute atomic E-state index is 13.6. The van der Waals surface area contributed by atoms with Crippen LogP contribution in [0.5, 0.6) is 0 Å². The van der Waals surface area contributed by atoms with Crippen LogP contribution in [0.1, 0.15) is 29.5 Å². The number of alkyl halides is 3. The van der Waals surface area contributed by atoms with Crippen LogP contribution in [0.2, 0.25) is 0 Å². The lowest BCUT2D eigenvalue weighted by Gasteiger charge is -2.10. The molecule has 29 heavy (non-hydrogen) atoms. The molecular weight excluding hydrogens is 388 g/mol. The Morgan fingerprint density at radius 3 is 2.72 bits per heavy atom. The molecule has 5 nitrogen and oxygen atoms in total. The number of carbonyl (C=O) groups is 1. The summed E-state index contributed by atoms with van der Waals surface area (Å²) >= 11 is 0. The van der Waals surface area contributed by atoms with E-state index in [-0.39, 0.29) is 23.5 Å². The van der Waals surface area contributed by atoms with Crippen LogP contribution in [0.3, 0.4) is 0 Å². The van der Waals surface area contributed by atoms with E-state index in [0.717, 1.165) is 12.1 Å². The highest BCUT2D eigenvalue weighted by Crippen LogP contribution is 2.31. The monoisotopic (exact) mass is 406 g/mol. The van der Waals surface area contributed by atoms with Gasteiger partial charge < -0.3 is 11.1 Å². The molecule has 0 radical (unpaired) electrons. The van der Waals surface area contributed by atoms with Gasteiger partial charge in [0, 0.05) is 18.9 Å². The molecule has 0 atom stereocenters. The summed E-state index contributed by atoms with van der Waals surface area (Å²) < 4.78 is 52.3. The van der Waals surface area contributed by atoms with Crippen molar-refractivity contribution in [3.63, 3.8) is 0 Å². The first-order valence-corrected chi connectivity index (χ1v) is 8.86. The number of pyridine rings is 1. The van der Waals surface area contributed by atoms with E-state index >= 15 is 0 Å². The fourth-order valence-electron chi connectivity index (χ4n) is 3.03. The Morgan fingerprint density at radius 1 is 1.21 bits per heavy atom. The number of nitrogens with zero attached hydrogens (tertiary/aromatic N) is 2. The molecule has 152 valence electrons. The Hall–Kier alpha value is -3.23.